The summed E-state index contributed by atoms with van der Waals surface area (Å²) < 4.78 is 5.47. The maximum atomic E-state index is 5.47. The molecule has 2 rings (SSSR count). The molecular weight excluding hydrogens is 220 g/mol. The molecule has 0 saturated carbocycles. The molecule has 16 heavy (non-hydrogen) atoms. The first-order valence-corrected chi connectivity index (χ1v) is 6.81. The highest BCUT2D eigenvalue weighted by molar-refractivity contribution is 7.11. The number of thiazole rings is 1. The number of rotatable bonds is 4. The average Bonchev–Trinajstić information content (AvgIpc) is 2.74. The molecule has 3 nitrogen and oxygen atoms in total. The molecule has 2 heterocycles. The quantitative estimate of drug-likeness (QED) is 0.878. The molecule has 2 unspecified atom stereocenters. The number of ether oxygens (including phenoxy) is 1. The van der Waals surface area contributed by atoms with Gasteiger partial charge in [0.15, 0.2) is 0 Å². The number of aryl methyl sites for hydroxylation is 1. The van der Waals surface area contributed by atoms with Crippen LogP contribution in [0.25, 0.3) is 0 Å². The lowest BCUT2D eigenvalue weighted by Gasteiger charge is -2.23. The van der Waals surface area contributed by atoms with Crippen molar-refractivity contribution < 1.29 is 4.74 Å². The van der Waals surface area contributed by atoms with Gasteiger partial charge in [-0.25, -0.2) is 4.98 Å². The van der Waals surface area contributed by atoms with Crippen molar-refractivity contribution >= 4 is 11.3 Å². The third kappa shape index (κ3) is 3.27. The van der Waals surface area contributed by atoms with Crippen LogP contribution in [0.5, 0.6) is 0 Å². The normalized spacial score (nSPS) is 23.2. The second-order valence-corrected chi connectivity index (χ2v) is 5.79. The molecule has 0 aromatic carbocycles. The summed E-state index contributed by atoms with van der Waals surface area (Å²) >= 11 is 1.78. The van der Waals surface area contributed by atoms with E-state index in [1.54, 1.807) is 11.3 Å². The van der Waals surface area contributed by atoms with Gasteiger partial charge in [-0.3, -0.25) is 0 Å². The highest BCUT2D eigenvalue weighted by Gasteiger charge is 2.16. The number of hydrogen-bond donors (Lipinski definition) is 1. The van der Waals surface area contributed by atoms with Crippen LogP contribution in [0.15, 0.2) is 6.20 Å². The average molecular weight is 240 g/mol. The minimum absolute atomic E-state index is 0.362. The van der Waals surface area contributed by atoms with Crippen LogP contribution in [0.4, 0.5) is 0 Å². The predicted molar refractivity (Wildman–Crippen MR) is 66.8 cm³/mol. The second-order valence-electron chi connectivity index (χ2n) is 4.52. The van der Waals surface area contributed by atoms with Gasteiger partial charge in [0, 0.05) is 24.2 Å². The summed E-state index contributed by atoms with van der Waals surface area (Å²) in [6.07, 6.45) is 4.44. The highest BCUT2D eigenvalue weighted by Crippen LogP contribution is 2.20. The Morgan fingerprint density at radius 3 is 3.19 bits per heavy atom. The zero-order valence-corrected chi connectivity index (χ0v) is 10.8. The summed E-state index contributed by atoms with van der Waals surface area (Å²) in [7, 11) is 0. The maximum absolute atomic E-state index is 5.47. The largest absolute Gasteiger partial charge is 0.381 e. The minimum atomic E-state index is 0.362. The molecule has 90 valence electrons. The summed E-state index contributed by atoms with van der Waals surface area (Å²) in [6.45, 7) is 7.18. The van der Waals surface area contributed by atoms with Gasteiger partial charge in [-0.2, -0.15) is 0 Å². The van der Waals surface area contributed by atoms with Crippen molar-refractivity contribution in [1.29, 1.82) is 0 Å². The molecule has 0 amide bonds. The number of hydrogen-bond acceptors (Lipinski definition) is 4. The Morgan fingerprint density at radius 1 is 1.69 bits per heavy atom. The Hall–Kier alpha value is -0.450. The van der Waals surface area contributed by atoms with E-state index in [4.69, 9.17) is 4.74 Å². The summed E-state index contributed by atoms with van der Waals surface area (Å²) in [5.74, 6) is 0.678. The van der Waals surface area contributed by atoms with Gasteiger partial charge in [0.1, 0.15) is 5.01 Å². The van der Waals surface area contributed by atoms with Crippen LogP contribution < -0.4 is 5.32 Å². The minimum Gasteiger partial charge on any atom is -0.381 e. The lowest BCUT2D eigenvalue weighted by molar-refractivity contribution is 0.0540. The van der Waals surface area contributed by atoms with Gasteiger partial charge < -0.3 is 10.1 Å². The van der Waals surface area contributed by atoms with Crippen LogP contribution in [0.1, 0.15) is 35.7 Å². The SMILES string of the molecule is Cc1cnc(C(C)NCC2CCCOC2)s1. The van der Waals surface area contributed by atoms with Gasteiger partial charge in [-0.05, 0) is 32.6 Å². The van der Waals surface area contributed by atoms with Crippen LogP contribution in [0.3, 0.4) is 0 Å². The van der Waals surface area contributed by atoms with E-state index < -0.39 is 0 Å². The molecule has 0 bridgehead atoms. The number of aromatic nitrogens is 1. The first-order valence-electron chi connectivity index (χ1n) is 5.99. The maximum Gasteiger partial charge on any atom is 0.109 e. The molecule has 0 radical (unpaired) electrons. The van der Waals surface area contributed by atoms with E-state index >= 15 is 0 Å². The smallest absolute Gasteiger partial charge is 0.109 e. The first-order chi connectivity index (χ1) is 7.75. The van der Waals surface area contributed by atoms with E-state index in [1.807, 2.05) is 6.20 Å². The summed E-state index contributed by atoms with van der Waals surface area (Å²) in [4.78, 5) is 5.69. The molecule has 1 aliphatic heterocycles. The second kappa shape index (κ2) is 5.75. The van der Waals surface area contributed by atoms with E-state index in [2.05, 4.69) is 24.1 Å². The van der Waals surface area contributed by atoms with Gasteiger partial charge in [-0.15, -0.1) is 11.3 Å². The molecule has 1 aromatic rings. The fraction of sp³-hybridized carbons (Fsp3) is 0.750. The first kappa shape index (κ1) is 12.0. The summed E-state index contributed by atoms with van der Waals surface area (Å²) in [5.41, 5.74) is 0. The van der Waals surface area contributed by atoms with Crippen LogP contribution >= 0.6 is 11.3 Å². The Labute approximate surface area is 101 Å². The zero-order chi connectivity index (χ0) is 11.4. The molecule has 4 heteroatoms. The van der Waals surface area contributed by atoms with E-state index in [-0.39, 0.29) is 0 Å². The fourth-order valence-electron chi connectivity index (χ4n) is 1.97. The monoisotopic (exact) mass is 240 g/mol. The lowest BCUT2D eigenvalue weighted by atomic mass is 10.0. The Morgan fingerprint density at radius 2 is 2.56 bits per heavy atom. The third-order valence-corrected chi connectivity index (χ3v) is 4.07. The van der Waals surface area contributed by atoms with Gasteiger partial charge in [0.25, 0.3) is 0 Å². The van der Waals surface area contributed by atoms with Crippen molar-refractivity contribution in [2.24, 2.45) is 5.92 Å². The molecule has 1 aliphatic rings. The molecule has 2 atom stereocenters. The van der Waals surface area contributed by atoms with Crippen molar-refractivity contribution in [2.75, 3.05) is 19.8 Å². The van der Waals surface area contributed by atoms with Gasteiger partial charge in [-0.1, -0.05) is 0 Å². The van der Waals surface area contributed by atoms with Crippen LogP contribution in [0.2, 0.25) is 0 Å². The predicted octanol–water partition coefficient (Wildman–Crippen LogP) is 2.53. The third-order valence-electron chi connectivity index (χ3n) is 2.98. The molecule has 1 fully saturated rings. The van der Waals surface area contributed by atoms with Crippen LogP contribution in [-0.2, 0) is 4.74 Å². The highest BCUT2D eigenvalue weighted by atomic mass is 32.1. The standard InChI is InChI=1S/C12H20N2OS/c1-9-6-14-12(16-9)10(2)13-7-11-4-3-5-15-8-11/h6,10-11,13H,3-5,7-8H2,1-2H3. The van der Waals surface area contributed by atoms with Crippen LogP contribution in [0, 0.1) is 12.8 Å². The van der Waals surface area contributed by atoms with Crippen molar-refractivity contribution in [1.82, 2.24) is 10.3 Å². The van der Waals surface area contributed by atoms with Crippen molar-refractivity contribution in [3.05, 3.63) is 16.1 Å². The van der Waals surface area contributed by atoms with E-state index in [0.717, 1.165) is 19.8 Å². The fourth-order valence-corrected chi connectivity index (χ4v) is 2.77. The van der Waals surface area contributed by atoms with Crippen molar-refractivity contribution in [3.8, 4) is 0 Å². The number of nitrogens with zero attached hydrogens (tertiary/aromatic N) is 1. The molecule has 1 aromatic heterocycles. The molecule has 1 saturated heterocycles. The van der Waals surface area contributed by atoms with Crippen molar-refractivity contribution in [2.45, 2.75) is 32.7 Å². The molecule has 0 spiro atoms. The Kier molecular flexibility index (Phi) is 4.32. The van der Waals surface area contributed by atoms with E-state index in [9.17, 15) is 0 Å². The molecule has 0 aliphatic carbocycles. The zero-order valence-electron chi connectivity index (χ0n) is 10.0. The Bertz CT molecular complexity index is 321. The lowest BCUT2D eigenvalue weighted by Crippen LogP contribution is -2.30. The summed E-state index contributed by atoms with van der Waals surface area (Å²) in [6, 6.07) is 0.362. The van der Waals surface area contributed by atoms with E-state index in [1.165, 1.54) is 22.7 Å². The van der Waals surface area contributed by atoms with Gasteiger partial charge >= 0.3 is 0 Å². The number of nitrogens with one attached hydrogen (secondary N) is 1. The Balaban J connectivity index is 1.76. The summed E-state index contributed by atoms with van der Waals surface area (Å²) in [5, 5.41) is 4.74. The van der Waals surface area contributed by atoms with Gasteiger partial charge in [0.05, 0.1) is 12.6 Å². The van der Waals surface area contributed by atoms with Crippen molar-refractivity contribution in [3.63, 3.8) is 0 Å². The van der Waals surface area contributed by atoms with E-state index in [0.29, 0.717) is 12.0 Å². The van der Waals surface area contributed by atoms with Gasteiger partial charge in [0.2, 0.25) is 0 Å². The van der Waals surface area contributed by atoms with Crippen LogP contribution in [-0.4, -0.2) is 24.7 Å². The topological polar surface area (TPSA) is 34.2 Å². The molecule has 1 N–H and O–H groups in total. The molecular formula is C12H20N2OS.